The van der Waals surface area contributed by atoms with E-state index in [-0.39, 0.29) is 11.8 Å². The second-order valence-electron chi connectivity index (χ2n) is 5.76. The summed E-state index contributed by atoms with van der Waals surface area (Å²) in [5.74, 6) is 0.421. The van der Waals surface area contributed by atoms with Crippen LogP contribution in [0.25, 0.3) is 0 Å². The van der Waals surface area contributed by atoms with Gasteiger partial charge in [0.1, 0.15) is 0 Å². The highest BCUT2D eigenvalue weighted by molar-refractivity contribution is 5.68. The number of carboxylic acid groups (broad SMARTS) is 1. The lowest BCUT2D eigenvalue weighted by Gasteiger charge is -2.51. The zero-order valence-corrected chi connectivity index (χ0v) is 10.6. The molecule has 96 valence electrons. The third-order valence-electron chi connectivity index (χ3n) is 4.58. The maximum absolute atomic E-state index is 10.9. The molecule has 0 bridgehead atoms. The minimum Gasteiger partial charge on any atom is -0.481 e. The molecule has 3 atom stereocenters. The van der Waals surface area contributed by atoms with Crippen molar-refractivity contribution in [2.24, 2.45) is 23.0 Å². The van der Waals surface area contributed by atoms with Crippen LogP contribution in [0.1, 0.15) is 45.4 Å². The predicted octanol–water partition coefficient (Wildman–Crippen LogP) is 2.56. The first-order valence-electron chi connectivity index (χ1n) is 6.72. The first-order valence-corrected chi connectivity index (χ1v) is 6.72. The maximum atomic E-state index is 10.9. The van der Waals surface area contributed by atoms with Crippen molar-refractivity contribution in [2.45, 2.75) is 45.4 Å². The smallest absolute Gasteiger partial charge is 0.303 e. The third-order valence-corrected chi connectivity index (χ3v) is 4.58. The largest absolute Gasteiger partial charge is 0.481 e. The molecule has 0 aromatic carbocycles. The zero-order chi connectivity index (χ0) is 12.5. The highest BCUT2D eigenvalue weighted by atomic mass is 16.4. The number of unbranched alkanes of at least 4 members (excludes halogenated alkanes) is 1. The Labute approximate surface area is 103 Å². The topological polar surface area (TPSA) is 63.3 Å². The molecule has 2 aliphatic rings. The fourth-order valence-corrected chi connectivity index (χ4v) is 3.67. The van der Waals surface area contributed by atoms with Crippen molar-refractivity contribution in [3.05, 3.63) is 11.6 Å². The van der Waals surface area contributed by atoms with E-state index in [9.17, 15) is 4.79 Å². The zero-order valence-electron chi connectivity index (χ0n) is 10.6. The molecule has 0 spiro atoms. The molecule has 1 saturated carbocycles. The van der Waals surface area contributed by atoms with Crippen LogP contribution < -0.4 is 5.73 Å². The standard InChI is InChI=1S/C14H23NO2/c1-2-3-4-10-5-11-7-14(9-15,8-13(16)17)12(11)6-10/h6,11-12H,2-5,7-9,15H2,1H3,(H,16,17)/t11-,12+,14+/m1/s1. The number of carboxylic acids is 1. The number of hydrogen-bond donors (Lipinski definition) is 2. The number of aliphatic carboxylic acids is 1. The Hall–Kier alpha value is -0.830. The SMILES string of the molecule is CCCCC1=C[C@H]2[C@H](C1)C[C@@]2(CN)CC(=O)O. The Balaban J connectivity index is 2.01. The van der Waals surface area contributed by atoms with Gasteiger partial charge < -0.3 is 10.8 Å². The predicted molar refractivity (Wildman–Crippen MR) is 67.6 cm³/mol. The van der Waals surface area contributed by atoms with Gasteiger partial charge in [-0.25, -0.2) is 0 Å². The summed E-state index contributed by atoms with van der Waals surface area (Å²) in [4.78, 5) is 10.9. The van der Waals surface area contributed by atoms with Crippen molar-refractivity contribution in [2.75, 3.05) is 6.54 Å². The molecule has 3 nitrogen and oxygen atoms in total. The van der Waals surface area contributed by atoms with Gasteiger partial charge in [-0.2, -0.15) is 0 Å². The van der Waals surface area contributed by atoms with Crippen LogP contribution >= 0.6 is 0 Å². The molecule has 3 N–H and O–H groups in total. The fourth-order valence-electron chi connectivity index (χ4n) is 3.67. The van der Waals surface area contributed by atoms with E-state index < -0.39 is 5.97 Å². The quantitative estimate of drug-likeness (QED) is 0.698. The van der Waals surface area contributed by atoms with E-state index in [0.29, 0.717) is 18.4 Å². The molecule has 1 fully saturated rings. The second kappa shape index (κ2) is 4.81. The molecule has 2 rings (SSSR count). The number of allylic oxidation sites excluding steroid dienone is 2. The molecule has 0 heterocycles. The molecular weight excluding hydrogens is 214 g/mol. The van der Waals surface area contributed by atoms with Gasteiger partial charge in [0.15, 0.2) is 0 Å². The number of fused-ring (bicyclic) bond motifs is 1. The molecule has 17 heavy (non-hydrogen) atoms. The van der Waals surface area contributed by atoms with E-state index in [1.165, 1.54) is 25.7 Å². The van der Waals surface area contributed by atoms with E-state index in [1.807, 2.05) is 0 Å². The molecular formula is C14H23NO2. The summed E-state index contributed by atoms with van der Waals surface area (Å²) >= 11 is 0. The first kappa shape index (κ1) is 12.6. The number of carbonyl (C=O) groups is 1. The summed E-state index contributed by atoms with van der Waals surface area (Å²) in [7, 11) is 0. The molecule has 0 aromatic heterocycles. The fraction of sp³-hybridized carbons (Fsp3) is 0.786. The van der Waals surface area contributed by atoms with Crippen molar-refractivity contribution >= 4 is 5.97 Å². The van der Waals surface area contributed by atoms with Crippen molar-refractivity contribution in [3.8, 4) is 0 Å². The summed E-state index contributed by atoms with van der Waals surface area (Å²) in [5.41, 5.74) is 7.24. The Bertz CT molecular complexity index is 337. The number of hydrogen-bond acceptors (Lipinski definition) is 2. The minimum atomic E-state index is -0.704. The van der Waals surface area contributed by atoms with Crippen molar-refractivity contribution < 1.29 is 9.90 Å². The third kappa shape index (κ3) is 2.25. The van der Waals surface area contributed by atoms with E-state index in [4.69, 9.17) is 10.8 Å². The van der Waals surface area contributed by atoms with Gasteiger partial charge in [-0.05, 0) is 49.5 Å². The highest BCUT2D eigenvalue weighted by Gasteiger charge is 2.54. The van der Waals surface area contributed by atoms with Crippen LogP contribution in [0.2, 0.25) is 0 Å². The summed E-state index contributed by atoms with van der Waals surface area (Å²) in [6.07, 6.45) is 8.45. The van der Waals surface area contributed by atoms with Gasteiger partial charge in [0, 0.05) is 0 Å². The highest BCUT2D eigenvalue weighted by Crippen LogP contribution is 2.59. The van der Waals surface area contributed by atoms with Crippen LogP contribution in [0.3, 0.4) is 0 Å². The number of rotatable bonds is 6. The van der Waals surface area contributed by atoms with E-state index >= 15 is 0 Å². The number of nitrogens with two attached hydrogens (primary N) is 1. The maximum Gasteiger partial charge on any atom is 0.303 e. The molecule has 0 radical (unpaired) electrons. The average molecular weight is 237 g/mol. The van der Waals surface area contributed by atoms with Crippen molar-refractivity contribution in [1.29, 1.82) is 0 Å². The van der Waals surface area contributed by atoms with Crippen molar-refractivity contribution in [3.63, 3.8) is 0 Å². The van der Waals surface area contributed by atoms with Gasteiger partial charge in [0.25, 0.3) is 0 Å². The molecule has 0 amide bonds. The van der Waals surface area contributed by atoms with Gasteiger partial charge in [-0.3, -0.25) is 4.79 Å². The van der Waals surface area contributed by atoms with Crippen LogP contribution in [0.5, 0.6) is 0 Å². The Morgan fingerprint density at radius 2 is 2.41 bits per heavy atom. The van der Waals surface area contributed by atoms with Crippen LogP contribution in [0.4, 0.5) is 0 Å². The monoisotopic (exact) mass is 237 g/mol. The first-order chi connectivity index (χ1) is 8.11. The van der Waals surface area contributed by atoms with Crippen molar-refractivity contribution in [1.82, 2.24) is 0 Å². The average Bonchev–Trinajstić information content (AvgIpc) is 2.61. The molecule has 0 unspecified atom stereocenters. The van der Waals surface area contributed by atoms with E-state index in [2.05, 4.69) is 13.0 Å². The molecule has 3 heteroatoms. The van der Waals surface area contributed by atoms with Gasteiger partial charge in [0.05, 0.1) is 6.42 Å². The summed E-state index contributed by atoms with van der Waals surface area (Å²) in [5, 5.41) is 9.00. The van der Waals surface area contributed by atoms with Gasteiger partial charge in [-0.1, -0.05) is 25.0 Å². The Morgan fingerprint density at radius 3 is 3.00 bits per heavy atom. The molecule has 0 aromatic rings. The van der Waals surface area contributed by atoms with Gasteiger partial charge in [0.2, 0.25) is 0 Å². The molecule has 0 saturated heterocycles. The van der Waals surface area contributed by atoms with E-state index in [0.717, 1.165) is 6.42 Å². The molecule has 2 aliphatic carbocycles. The normalized spacial score (nSPS) is 35.1. The van der Waals surface area contributed by atoms with Crippen LogP contribution in [0.15, 0.2) is 11.6 Å². The Morgan fingerprint density at radius 1 is 1.65 bits per heavy atom. The molecule has 0 aliphatic heterocycles. The summed E-state index contributed by atoms with van der Waals surface area (Å²) in [6, 6.07) is 0. The van der Waals surface area contributed by atoms with Crippen LogP contribution in [0, 0.1) is 17.3 Å². The minimum absolute atomic E-state index is 0.134. The van der Waals surface area contributed by atoms with Crippen LogP contribution in [-0.4, -0.2) is 17.6 Å². The lowest BCUT2D eigenvalue weighted by Crippen LogP contribution is -2.51. The summed E-state index contributed by atoms with van der Waals surface area (Å²) < 4.78 is 0. The lowest BCUT2D eigenvalue weighted by atomic mass is 9.53. The second-order valence-corrected chi connectivity index (χ2v) is 5.76. The van der Waals surface area contributed by atoms with Crippen LogP contribution in [-0.2, 0) is 4.79 Å². The van der Waals surface area contributed by atoms with Gasteiger partial charge in [-0.15, -0.1) is 0 Å². The van der Waals surface area contributed by atoms with Gasteiger partial charge >= 0.3 is 5.97 Å². The van der Waals surface area contributed by atoms with E-state index in [1.54, 1.807) is 5.57 Å². The lowest BCUT2D eigenvalue weighted by molar-refractivity contribution is -0.144. The Kier molecular flexibility index (Phi) is 3.57. The summed E-state index contributed by atoms with van der Waals surface area (Å²) in [6.45, 7) is 2.72.